The highest BCUT2D eigenvalue weighted by Crippen LogP contribution is 2.38. The number of thioether (sulfide) groups is 1. The molecule has 0 aromatic heterocycles. The fourth-order valence-corrected chi connectivity index (χ4v) is 3.16. The van der Waals surface area contributed by atoms with E-state index in [1.165, 1.54) is 0 Å². The van der Waals surface area contributed by atoms with Crippen LogP contribution in [0.1, 0.15) is 19.8 Å². The third-order valence-electron chi connectivity index (χ3n) is 2.41. The van der Waals surface area contributed by atoms with Gasteiger partial charge in [0.15, 0.2) is 0 Å². The normalized spacial score (nSPS) is 26.1. The Labute approximate surface area is 94.4 Å². The minimum Gasteiger partial charge on any atom is -0.392 e. The number of likely N-dealkylation sites (N-methyl/N-ethyl adjacent to an activating group) is 1. The minimum atomic E-state index is -0.250. The van der Waals surface area contributed by atoms with Gasteiger partial charge in [0.05, 0.1) is 16.3 Å². The number of nitrogens with zero attached hydrogens (tertiary/aromatic N) is 1. The first-order chi connectivity index (χ1) is 6.46. The van der Waals surface area contributed by atoms with E-state index in [2.05, 4.69) is 0 Å². The summed E-state index contributed by atoms with van der Waals surface area (Å²) in [6, 6.07) is 0. The fourth-order valence-electron chi connectivity index (χ4n) is 1.66. The van der Waals surface area contributed by atoms with Crippen molar-refractivity contribution in [2.45, 2.75) is 24.5 Å². The molecule has 1 heterocycles. The van der Waals surface area contributed by atoms with Crippen LogP contribution < -0.4 is 5.73 Å². The van der Waals surface area contributed by atoms with Crippen LogP contribution in [0.3, 0.4) is 0 Å². The van der Waals surface area contributed by atoms with Gasteiger partial charge in [-0.3, -0.25) is 4.79 Å². The molecular weight excluding hydrogens is 216 g/mol. The monoisotopic (exact) mass is 232 g/mol. The van der Waals surface area contributed by atoms with Gasteiger partial charge in [-0.25, -0.2) is 0 Å². The Bertz CT molecular complexity index is 249. The van der Waals surface area contributed by atoms with E-state index in [9.17, 15) is 4.79 Å². The Morgan fingerprint density at radius 1 is 1.71 bits per heavy atom. The lowest BCUT2D eigenvalue weighted by atomic mass is 10.0. The van der Waals surface area contributed by atoms with Crippen molar-refractivity contribution in [3.63, 3.8) is 0 Å². The van der Waals surface area contributed by atoms with Gasteiger partial charge in [-0.05, 0) is 25.5 Å². The first-order valence-electron chi connectivity index (χ1n) is 4.63. The second kappa shape index (κ2) is 4.49. The van der Waals surface area contributed by atoms with Crippen molar-refractivity contribution >= 4 is 34.9 Å². The van der Waals surface area contributed by atoms with E-state index in [0.717, 1.165) is 18.6 Å². The van der Waals surface area contributed by atoms with Crippen molar-refractivity contribution in [3.05, 3.63) is 0 Å². The van der Waals surface area contributed by atoms with Crippen molar-refractivity contribution in [1.82, 2.24) is 4.90 Å². The molecule has 1 rings (SSSR count). The molecule has 1 saturated heterocycles. The molecule has 1 aliphatic heterocycles. The summed E-state index contributed by atoms with van der Waals surface area (Å²) in [5.74, 6) is 1.22. The molecule has 1 unspecified atom stereocenters. The molecule has 3 nitrogen and oxygen atoms in total. The van der Waals surface area contributed by atoms with Crippen molar-refractivity contribution < 1.29 is 4.79 Å². The van der Waals surface area contributed by atoms with Gasteiger partial charge in [-0.15, -0.1) is 11.8 Å². The summed E-state index contributed by atoms with van der Waals surface area (Å²) in [5.41, 5.74) is 5.40. The third-order valence-corrected chi connectivity index (χ3v) is 4.05. The molecule has 0 aromatic rings. The van der Waals surface area contributed by atoms with Crippen LogP contribution in [0.15, 0.2) is 0 Å². The highest BCUT2D eigenvalue weighted by atomic mass is 32.2. The van der Waals surface area contributed by atoms with E-state index in [-0.39, 0.29) is 10.7 Å². The number of nitrogens with two attached hydrogens (primary N) is 1. The van der Waals surface area contributed by atoms with Crippen LogP contribution in [0, 0.1) is 0 Å². The van der Waals surface area contributed by atoms with E-state index in [4.69, 9.17) is 18.0 Å². The summed E-state index contributed by atoms with van der Waals surface area (Å²) < 4.78 is -0.250. The van der Waals surface area contributed by atoms with Crippen molar-refractivity contribution in [2.24, 2.45) is 5.73 Å². The average molecular weight is 232 g/mol. The second-order valence-corrected chi connectivity index (χ2v) is 5.93. The fraction of sp³-hybridized carbons (Fsp3) is 0.778. The zero-order chi connectivity index (χ0) is 10.8. The van der Waals surface area contributed by atoms with Gasteiger partial charge in [0, 0.05) is 7.05 Å². The number of hydrogen-bond acceptors (Lipinski definition) is 3. The molecule has 1 fully saturated rings. The third kappa shape index (κ3) is 2.60. The number of hydrogen-bond donors (Lipinski definition) is 1. The molecule has 0 saturated carbocycles. The molecule has 1 aliphatic rings. The van der Waals surface area contributed by atoms with Crippen molar-refractivity contribution in [3.8, 4) is 0 Å². The maximum absolute atomic E-state index is 12.0. The quantitative estimate of drug-likeness (QED) is 0.738. The average Bonchev–Trinajstić information content (AvgIpc) is 2.51. The zero-order valence-electron chi connectivity index (χ0n) is 8.58. The molecule has 1 amide bonds. The first kappa shape index (κ1) is 11.8. The molecule has 14 heavy (non-hydrogen) atoms. The molecule has 5 heteroatoms. The van der Waals surface area contributed by atoms with Gasteiger partial charge in [-0.2, -0.15) is 0 Å². The molecule has 0 aliphatic carbocycles. The van der Waals surface area contributed by atoms with Crippen LogP contribution in [-0.4, -0.2) is 39.9 Å². The Kier molecular flexibility index (Phi) is 3.78. The SMILES string of the molecule is CN(CC(N)=S)C(=O)C1(C)CCCS1. The van der Waals surface area contributed by atoms with E-state index >= 15 is 0 Å². The highest BCUT2D eigenvalue weighted by Gasteiger charge is 2.38. The molecular formula is C9H16N2OS2. The molecule has 2 N–H and O–H groups in total. The maximum atomic E-state index is 12.0. The van der Waals surface area contributed by atoms with Crippen LogP contribution in [0.25, 0.3) is 0 Å². The number of thiocarbonyl (C=S) groups is 1. The van der Waals surface area contributed by atoms with Gasteiger partial charge in [0.25, 0.3) is 0 Å². The van der Waals surface area contributed by atoms with Crippen LogP contribution in [0.4, 0.5) is 0 Å². The Hall–Kier alpha value is -0.290. The van der Waals surface area contributed by atoms with Crippen LogP contribution >= 0.6 is 24.0 Å². The van der Waals surface area contributed by atoms with Crippen molar-refractivity contribution in [1.29, 1.82) is 0 Å². The van der Waals surface area contributed by atoms with Gasteiger partial charge in [-0.1, -0.05) is 12.2 Å². The number of amides is 1. The lowest BCUT2D eigenvalue weighted by Gasteiger charge is -2.27. The van der Waals surface area contributed by atoms with Gasteiger partial charge >= 0.3 is 0 Å². The summed E-state index contributed by atoms with van der Waals surface area (Å²) in [4.78, 5) is 14.0. The molecule has 80 valence electrons. The first-order valence-corrected chi connectivity index (χ1v) is 6.03. The van der Waals surface area contributed by atoms with Gasteiger partial charge in [0.1, 0.15) is 0 Å². The molecule has 0 aromatic carbocycles. The molecule has 0 radical (unpaired) electrons. The smallest absolute Gasteiger partial charge is 0.238 e. The number of rotatable bonds is 3. The lowest BCUT2D eigenvalue weighted by molar-refractivity contribution is -0.131. The Morgan fingerprint density at radius 3 is 2.79 bits per heavy atom. The van der Waals surface area contributed by atoms with E-state index in [1.54, 1.807) is 23.7 Å². The van der Waals surface area contributed by atoms with Crippen LogP contribution in [0.2, 0.25) is 0 Å². The largest absolute Gasteiger partial charge is 0.392 e. The van der Waals surface area contributed by atoms with Crippen LogP contribution in [-0.2, 0) is 4.79 Å². The topological polar surface area (TPSA) is 46.3 Å². The Balaban J connectivity index is 2.59. The predicted molar refractivity (Wildman–Crippen MR) is 64.5 cm³/mol. The minimum absolute atomic E-state index is 0.146. The molecule has 0 bridgehead atoms. The standard InChI is InChI=1S/C9H16N2OS2/c1-9(4-3-5-14-9)8(12)11(2)6-7(10)13/h3-6H2,1-2H3,(H2,10,13). The summed E-state index contributed by atoms with van der Waals surface area (Å²) in [6.07, 6.45) is 2.08. The number of carbonyl (C=O) groups excluding carboxylic acids is 1. The zero-order valence-corrected chi connectivity index (χ0v) is 10.2. The summed E-state index contributed by atoms with van der Waals surface area (Å²) in [7, 11) is 1.76. The summed E-state index contributed by atoms with van der Waals surface area (Å²) in [6.45, 7) is 2.38. The van der Waals surface area contributed by atoms with E-state index in [0.29, 0.717) is 11.5 Å². The highest BCUT2D eigenvalue weighted by molar-refractivity contribution is 8.01. The van der Waals surface area contributed by atoms with Gasteiger partial charge in [0.2, 0.25) is 5.91 Å². The Morgan fingerprint density at radius 2 is 2.36 bits per heavy atom. The van der Waals surface area contributed by atoms with Crippen LogP contribution in [0.5, 0.6) is 0 Å². The van der Waals surface area contributed by atoms with Gasteiger partial charge < -0.3 is 10.6 Å². The summed E-state index contributed by atoms with van der Waals surface area (Å²) >= 11 is 6.51. The number of carbonyl (C=O) groups is 1. The second-order valence-electron chi connectivity index (χ2n) is 3.81. The predicted octanol–water partition coefficient (Wildman–Crippen LogP) is 1.02. The van der Waals surface area contributed by atoms with E-state index in [1.807, 2.05) is 6.92 Å². The summed E-state index contributed by atoms with van der Waals surface area (Å²) in [5, 5.41) is 0. The lowest BCUT2D eigenvalue weighted by Crippen LogP contribution is -2.44. The van der Waals surface area contributed by atoms with E-state index < -0.39 is 0 Å². The maximum Gasteiger partial charge on any atom is 0.238 e. The molecule has 0 spiro atoms. The van der Waals surface area contributed by atoms with Crippen molar-refractivity contribution in [2.75, 3.05) is 19.3 Å². The molecule has 1 atom stereocenters.